The van der Waals surface area contributed by atoms with Gasteiger partial charge in [0.1, 0.15) is 0 Å². The highest BCUT2D eigenvalue weighted by Gasteiger charge is 2.30. The molecule has 2 nitrogen and oxygen atoms in total. The van der Waals surface area contributed by atoms with Crippen LogP contribution in [0, 0.1) is 5.41 Å². The third-order valence-corrected chi connectivity index (χ3v) is 3.63. The summed E-state index contributed by atoms with van der Waals surface area (Å²) in [7, 11) is 3.57. The van der Waals surface area contributed by atoms with Crippen molar-refractivity contribution in [1.29, 1.82) is 0 Å². The molecule has 0 saturated heterocycles. The molecule has 0 saturated carbocycles. The van der Waals surface area contributed by atoms with E-state index in [1.807, 2.05) is 0 Å². The smallest absolute Gasteiger partial charge is 0.0543 e. The molecule has 0 fully saturated rings. The molecule has 0 bridgehead atoms. The van der Waals surface area contributed by atoms with E-state index in [0.717, 1.165) is 26.1 Å². The van der Waals surface area contributed by atoms with Gasteiger partial charge in [0.05, 0.1) is 13.2 Å². The van der Waals surface area contributed by atoms with E-state index >= 15 is 0 Å². The van der Waals surface area contributed by atoms with Crippen LogP contribution in [0.25, 0.3) is 0 Å². The summed E-state index contributed by atoms with van der Waals surface area (Å²) in [5.74, 6) is 0. The van der Waals surface area contributed by atoms with Gasteiger partial charge in [0.15, 0.2) is 0 Å². The van der Waals surface area contributed by atoms with Crippen molar-refractivity contribution in [2.24, 2.45) is 5.41 Å². The predicted octanol–water partition coefficient (Wildman–Crippen LogP) is 4.09. The van der Waals surface area contributed by atoms with Gasteiger partial charge in [0.2, 0.25) is 0 Å². The van der Waals surface area contributed by atoms with Crippen LogP contribution < -0.4 is 0 Å². The first-order valence-corrected chi connectivity index (χ1v) is 7.28. The predicted molar refractivity (Wildman–Crippen MR) is 80.5 cm³/mol. The zero-order valence-corrected chi connectivity index (χ0v) is 12.7. The lowest BCUT2D eigenvalue weighted by atomic mass is 9.78. The van der Waals surface area contributed by atoms with Crippen molar-refractivity contribution in [2.75, 3.05) is 27.4 Å². The third-order valence-electron chi connectivity index (χ3n) is 3.63. The second kappa shape index (κ2) is 9.11. The van der Waals surface area contributed by atoms with Crippen LogP contribution in [0.1, 0.15) is 38.2 Å². The van der Waals surface area contributed by atoms with Crippen LogP contribution in [0.3, 0.4) is 0 Å². The summed E-state index contributed by atoms with van der Waals surface area (Å²) >= 11 is 0. The molecule has 1 rings (SSSR count). The number of rotatable bonds is 10. The summed E-state index contributed by atoms with van der Waals surface area (Å²) in [5, 5.41) is 0. The third kappa shape index (κ3) is 5.75. The van der Waals surface area contributed by atoms with Crippen molar-refractivity contribution >= 4 is 0 Å². The Morgan fingerprint density at radius 1 is 0.947 bits per heavy atom. The second-order valence-electron chi connectivity index (χ2n) is 5.49. The van der Waals surface area contributed by atoms with E-state index < -0.39 is 0 Å². The van der Waals surface area contributed by atoms with E-state index in [1.54, 1.807) is 14.2 Å². The van der Waals surface area contributed by atoms with E-state index in [0.29, 0.717) is 0 Å². The summed E-state index contributed by atoms with van der Waals surface area (Å²) in [6, 6.07) is 10.7. The van der Waals surface area contributed by atoms with Gasteiger partial charge in [-0.1, -0.05) is 56.5 Å². The Bertz CT molecular complexity index is 315. The second-order valence-corrected chi connectivity index (χ2v) is 5.49. The fraction of sp³-hybridized carbons (Fsp3) is 0.647. The molecule has 0 aliphatic rings. The molecule has 0 radical (unpaired) electrons. The summed E-state index contributed by atoms with van der Waals surface area (Å²) in [6.45, 7) is 3.77. The highest BCUT2D eigenvalue weighted by Crippen LogP contribution is 2.30. The molecule has 0 spiro atoms. The highest BCUT2D eigenvalue weighted by molar-refractivity contribution is 5.16. The number of hydrogen-bond acceptors (Lipinski definition) is 2. The van der Waals surface area contributed by atoms with Crippen molar-refractivity contribution in [2.45, 2.75) is 39.0 Å². The Labute approximate surface area is 118 Å². The van der Waals surface area contributed by atoms with Crippen LogP contribution >= 0.6 is 0 Å². The highest BCUT2D eigenvalue weighted by atomic mass is 16.5. The Hall–Kier alpha value is -0.860. The molecule has 19 heavy (non-hydrogen) atoms. The lowest BCUT2D eigenvalue weighted by molar-refractivity contribution is 0.00290. The first-order valence-electron chi connectivity index (χ1n) is 7.28. The van der Waals surface area contributed by atoms with Crippen LogP contribution in [0.5, 0.6) is 0 Å². The topological polar surface area (TPSA) is 18.5 Å². The summed E-state index contributed by atoms with van der Waals surface area (Å²) in [4.78, 5) is 0. The molecule has 0 unspecified atom stereocenters. The molecule has 0 atom stereocenters. The minimum Gasteiger partial charge on any atom is -0.384 e. The maximum absolute atomic E-state index is 5.48. The Balaban J connectivity index is 2.75. The molecule has 0 N–H and O–H groups in total. The van der Waals surface area contributed by atoms with Crippen molar-refractivity contribution in [3.8, 4) is 0 Å². The van der Waals surface area contributed by atoms with Crippen molar-refractivity contribution in [1.82, 2.24) is 0 Å². The van der Waals surface area contributed by atoms with Crippen LogP contribution in [-0.2, 0) is 15.9 Å². The van der Waals surface area contributed by atoms with Crippen LogP contribution in [0.15, 0.2) is 30.3 Å². The average Bonchev–Trinajstić information content (AvgIpc) is 2.41. The van der Waals surface area contributed by atoms with Gasteiger partial charge >= 0.3 is 0 Å². The maximum Gasteiger partial charge on any atom is 0.0543 e. The van der Waals surface area contributed by atoms with E-state index in [2.05, 4.69) is 37.3 Å². The molecular formula is C17H28O2. The van der Waals surface area contributed by atoms with Gasteiger partial charge in [-0.2, -0.15) is 0 Å². The number of unbranched alkanes of at least 4 members (excludes halogenated alkanes) is 2. The van der Waals surface area contributed by atoms with Crippen molar-refractivity contribution < 1.29 is 9.47 Å². The van der Waals surface area contributed by atoms with Crippen LogP contribution in [0.2, 0.25) is 0 Å². The average molecular weight is 264 g/mol. The monoisotopic (exact) mass is 264 g/mol. The minimum atomic E-state index is 0.111. The molecule has 2 heteroatoms. The van der Waals surface area contributed by atoms with Crippen LogP contribution in [-0.4, -0.2) is 27.4 Å². The Morgan fingerprint density at radius 2 is 1.58 bits per heavy atom. The van der Waals surface area contributed by atoms with Gasteiger partial charge in [-0.05, 0) is 18.4 Å². The normalized spacial score (nSPS) is 11.7. The standard InChI is InChI=1S/C17H28O2/c1-4-5-9-12-17(14-18-2,15-19-3)13-16-10-7-6-8-11-16/h6-8,10-11H,4-5,9,12-15H2,1-3H3. The molecule has 1 aromatic rings. The quantitative estimate of drug-likeness (QED) is 0.593. The number of methoxy groups -OCH3 is 2. The minimum absolute atomic E-state index is 0.111. The maximum atomic E-state index is 5.48. The van der Waals surface area contributed by atoms with E-state index in [9.17, 15) is 0 Å². The molecular weight excluding hydrogens is 236 g/mol. The van der Waals surface area contributed by atoms with Gasteiger partial charge < -0.3 is 9.47 Å². The Kier molecular flexibility index (Phi) is 7.76. The number of ether oxygens (including phenoxy) is 2. The Morgan fingerprint density at radius 3 is 2.11 bits per heavy atom. The number of hydrogen-bond donors (Lipinski definition) is 0. The summed E-state index contributed by atoms with van der Waals surface area (Å²) < 4.78 is 11.0. The first kappa shape index (κ1) is 16.2. The SMILES string of the molecule is CCCCCC(COC)(COC)Cc1ccccc1. The summed E-state index contributed by atoms with van der Waals surface area (Å²) in [5.41, 5.74) is 1.48. The fourth-order valence-corrected chi connectivity index (χ4v) is 2.77. The van der Waals surface area contributed by atoms with Crippen molar-refractivity contribution in [3.63, 3.8) is 0 Å². The zero-order chi connectivity index (χ0) is 14.0. The zero-order valence-electron chi connectivity index (χ0n) is 12.7. The van der Waals surface area contributed by atoms with Gasteiger partial charge in [0.25, 0.3) is 0 Å². The lowest BCUT2D eigenvalue weighted by Crippen LogP contribution is -2.34. The largest absolute Gasteiger partial charge is 0.384 e. The van der Waals surface area contributed by atoms with E-state index in [-0.39, 0.29) is 5.41 Å². The van der Waals surface area contributed by atoms with E-state index in [4.69, 9.17) is 9.47 Å². The number of benzene rings is 1. The molecule has 0 aliphatic carbocycles. The fourth-order valence-electron chi connectivity index (χ4n) is 2.77. The molecule has 0 heterocycles. The molecule has 1 aromatic carbocycles. The molecule has 108 valence electrons. The van der Waals surface area contributed by atoms with Crippen LogP contribution in [0.4, 0.5) is 0 Å². The summed E-state index contributed by atoms with van der Waals surface area (Å²) in [6.07, 6.45) is 5.97. The molecule has 0 aromatic heterocycles. The van der Waals surface area contributed by atoms with Gasteiger partial charge in [-0.25, -0.2) is 0 Å². The first-order chi connectivity index (χ1) is 9.26. The molecule has 0 amide bonds. The lowest BCUT2D eigenvalue weighted by Gasteiger charge is -2.33. The van der Waals surface area contributed by atoms with Gasteiger partial charge in [0, 0.05) is 19.6 Å². The molecule has 0 aliphatic heterocycles. The van der Waals surface area contributed by atoms with Gasteiger partial charge in [-0.3, -0.25) is 0 Å². The van der Waals surface area contributed by atoms with E-state index in [1.165, 1.54) is 24.8 Å². The van der Waals surface area contributed by atoms with Gasteiger partial charge in [-0.15, -0.1) is 0 Å². The van der Waals surface area contributed by atoms with Crippen molar-refractivity contribution in [3.05, 3.63) is 35.9 Å².